The first-order valence-corrected chi connectivity index (χ1v) is 4.92. The quantitative estimate of drug-likeness (QED) is 0.770. The Morgan fingerprint density at radius 1 is 1.06 bits per heavy atom. The van der Waals surface area contributed by atoms with Gasteiger partial charge in [0, 0.05) is 6.20 Å². The van der Waals surface area contributed by atoms with Gasteiger partial charge in [-0.05, 0) is 24.3 Å². The largest absolute Gasteiger partial charge is 0.332 e. The zero-order valence-corrected chi connectivity index (χ0v) is 9.04. The number of rotatable bonds is 1. The molecule has 0 amide bonds. The number of nitriles is 2. The van der Waals surface area contributed by atoms with Crippen molar-refractivity contribution in [3.05, 3.63) is 62.4 Å². The minimum Gasteiger partial charge on any atom is -0.273 e. The highest BCUT2D eigenvalue weighted by atomic mass is 16.2. The molecule has 0 atom stereocenters. The molecular formula is C12H6N4O2. The number of aromatic nitrogens is 2. The number of nitrogens with zero attached hydrogens (tertiary/aromatic N) is 3. The van der Waals surface area contributed by atoms with Gasteiger partial charge in [-0.25, -0.2) is 4.79 Å². The highest BCUT2D eigenvalue weighted by molar-refractivity contribution is 5.40. The van der Waals surface area contributed by atoms with Crippen LogP contribution in [0.5, 0.6) is 0 Å². The van der Waals surface area contributed by atoms with Crippen molar-refractivity contribution in [2.45, 2.75) is 0 Å². The van der Waals surface area contributed by atoms with Crippen molar-refractivity contribution in [3.8, 4) is 17.8 Å². The van der Waals surface area contributed by atoms with Gasteiger partial charge in [0.05, 0.1) is 17.3 Å². The first-order valence-electron chi connectivity index (χ1n) is 4.92. The van der Waals surface area contributed by atoms with Gasteiger partial charge in [0.1, 0.15) is 11.6 Å². The summed E-state index contributed by atoms with van der Waals surface area (Å²) in [5.74, 6) is 0. The van der Waals surface area contributed by atoms with Crippen LogP contribution in [0.25, 0.3) is 5.69 Å². The van der Waals surface area contributed by atoms with Crippen molar-refractivity contribution in [1.29, 1.82) is 10.5 Å². The molecule has 0 unspecified atom stereocenters. The van der Waals surface area contributed by atoms with E-state index in [1.54, 1.807) is 30.3 Å². The van der Waals surface area contributed by atoms with Gasteiger partial charge < -0.3 is 0 Å². The average molecular weight is 238 g/mol. The molecule has 0 spiro atoms. The lowest BCUT2D eigenvalue weighted by Crippen LogP contribution is -2.30. The van der Waals surface area contributed by atoms with E-state index in [1.165, 1.54) is 6.20 Å². The second-order valence-electron chi connectivity index (χ2n) is 3.44. The Labute approximate surface area is 101 Å². The van der Waals surface area contributed by atoms with Gasteiger partial charge in [-0.15, -0.1) is 0 Å². The molecule has 0 aliphatic heterocycles. The van der Waals surface area contributed by atoms with Crippen LogP contribution in [0.3, 0.4) is 0 Å². The maximum Gasteiger partial charge on any atom is 0.332 e. The van der Waals surface area contributed by atoms with Crippen LogP contribution < -0.4 is 11.2 Å². The minimum absolute atomic E-state index is 0.154. The third kappa shape index (κ3) is 1.91. The van der Waals surface area contributed by atoms with Crippen molar-refractivity contribution < 1.29 is 0 Å². The van der Waals surface area contributed by atoms with E-state index in [2.05, 4.69) is 0 Å². The first-order chi connectivity index (χ1) is 8.65. The monoisotopic (exact) mass is 238 g/mol. The second-order valence-corrected chi connectivity index (χ2v) is 3.44. The number of aromatic amines is 1. The summed E-state index contributed by atoms with van der Waals surface area (Å²) in [4.78, 5) is 24.9. The van der Waals surface area contributed by atoms with Crippen LogP contribution in [0.2, 0.25) is 0 Å². The van der Waals surface area contributed by atoms with E-state index in [-0.39, 0.29) is 5.56 Å². The van der Waals surface area contributed by atoms with Gasteiger partial charge in [-0.2, -0.15) is 10.5 Å². The fourth-order valence-corrected chi connectivity index (χ4v) is 1.44. The van der Waals surface area contributed by atoms with Crippen molar-refractivity contribution in [3.63, 3.8) is 0 Å². The molecule has 6 heteroatoms. The first kappa shape index (κ1) is 11.4. The van der Waals surface area contributed by atoms with Crippen LogP contribution in [0.15, 0.2) is 40.1 Å². The van der Waals surface area contributed by atoms with Crippen LogP contribution in [-0.2, 0) is 0 Å². The molecule has 6 nitrogen and oxygen atoms in total. The molecule has 1 aromatic carbocycles. The number of nitrogens with one attached hydrogen (secondary N) is 1. The molecule has 86 valence electrons. The summed E-state index contributed by atoms with van der Waals surface area (Å²) >= 11 is 0. The molecule has 0 saturated carbocycles. The minimum atomic E-state index is -0.715. The van der Waals surface area contributed by atoms with E-state index in [1.807, 2.05) is 11.1 Å². The van der Waals surface area contributed by atoms with Crippen molar-refractivity contribution in [1.82, 2.24) is 9.55 Å². The van der Waals surface area contributed by atoms with E-state index in [4.69, 9.17) is 10.5 Å². The second kappa shape index (κ2) is 4.40. The van der Waals surface area contributed by atoms with Crippen molar-refractivity contribution >= 4 is 0 Å². The molecule has 1 aromatic heterocycles. The summed E-state index contributed by atoms with van der Waals surface area (Å²) in [6.07, 6.45) is 1.17. The Bertz CT molecular complexity index is 785. The van der Waals surface area contributed by atoms with Crippen LogP contribution in [0.1, 0.15) is 11.1 Å². The SMILES string of the molecule is N#Cc1ccc(-n2cc(C#N)c(=O)[nH]c2=O)cc1. The van der Waals surface area contributed by atoms with Crippen molar-refractivity contribution in [2.24, 2.45) is 0 Å². The van der Waals surface area contributed by atoms with E-state index >= 15 is 0 Å². The molecule has 0 bridgehead atoms. The summed E-state index contributed by atoms with van der Waals surface area (Å²) in [6.45, 7) is 0. The Morgan fingerprint density at radius 3 is 2.28 bits per heavy atom. The summed E-state index contributed by atoms with van der Waals surface area (Å²) in [5, 5.41) is 17.4. The molecule has 1 heterocycles. The summed E-state index contributed by atoms with van der Waals surface area (Å²) in [7, 11) is 0. The summed E-state index contributed by atoms with van der Waals surface area (Å²) in [6, 6.07) is 9.84. The zero-order chi connectivity index (χ0) is 13.1. The summed E-state index contributed by atoms with van der Waals surface area (Å²) < 4.78 is 1.14. The molecule has 0 saturated heterocycles. The lowest BCUT2D eigenvalue weighted by molar-refractivity contribution is 0.889. The molecule has 2 aromatic rings. The van der Waals surface area contributed by atoms with Crippen LogP contribution in [0.4, 0.5) is 0 Å². The van der Waals surface area contributed by atoms with Crippen LogP contribution >= 0.6 is 0 Å². The lowest BCUT2D eigenvalue weighted by Gasteiger charge is -2.04. The van der Waals surface area contributed by atoms with Gasteiger partial charge in [-0.1, -0.05) is 0 Å². The van der Waals surface area contributed by atoms with E-state index < -0.39 is 11.2 Å². The Morgan fingerprint density at radius 2 is 1.72 bits per heavy atom. The molecule has 0 aliphatic carbocycles. The van der Waals surface area contributed by atoms with E-state index in [0.717, 1.165) is 4.57 Å². The van der Waals surface area contributed by atoms with Gasteiger partial charge in [0.15, 0.2) is 0 Å². The topological polar surface area (TPSA) is 102 Å². The number of hydrogen-bond acceptors (Lipinski definition) is 4. The molecule has 0 fully saturated rings. The fraction of sp³-hybridized carbons (Fsp3) is 0. The third-order valence-corrected chi connectivity index (χ3v) is 2.34. The summed E-state index contributed by atoms with van der Waals surface area (Å²) in [5.41, 5.74) is -0.585. The van der Waals surface area contributed by atoms with Gasteiger partial charge in [-0.3, -0.25) is 14.3 Å². The average Bonchev–Trinajstić information content (AvgIpc) is 2.39. The van der Waals surface area contributed by atoms with Crippen molar-refractivity contribution in [2.75, 3.05) is 0 Å². The highest BCUT2D eigenvalue weighted by Crippen LogP contribution is 2.06. The Kier molecular flexibility index (Phi) is 2.78. The predicted octanol–water partition coefficient (Wildman–Crippen LogP) is 0.269. The van der Waals surface area contributed by atoms with Crippen LogP contribution in [-0.4, -0.2) is 9.55 Å². The number of benzene rings is 1. The molecular weight excluding hydrogens is 232 g/mol. The number of H-pyrrole nitrogens is 1. The van der Waals surface area contributed by atoms with Gasteiger partial charge >= 0.3 is 5.69 Å². The molecule has 2 rings (SSSR count). The molecule has 1 N–H and O–H groups in total. The fourth-order valence-electron chi connectivity index (χ4n) is 1.44. The third-order valence-electron chi connectivity index (χ3n) is 2.34. The van der Waals surface area contributed by atoms with Crippen LogP contribution in [0, 0.1) is 22.7 Å². The normalized spacial score (nSPS) is 9.44. The molecule has 0 aliphatic rings. The zero-order valence-electron chi connectivity index (χ0n) is 9.04. The number of hydrogen-bond donors (Lipinski definition) is 1. The standard InChI is InChI=1S/C12H6N4O2/c13-5-8-1-3-10(4-2-8)16-7-9(6-14)11(17)15-12(16)18/h1-4,7H,(H,15,17,18). The molecule has 0 radical (unpaired) electrons. The Balaban J connectivity index is 2.65. The molecule has 18 heavy (non-hydrogen) atoms. The maximum atomic E-state index is 11.6. The van der Waals surface area contributed by atoms with Gasteiger partial charge in [0.25, 0.3) is 5.56 Å². The lowest BCUT2D eigenvalue weighted by atomic mass is 10.2. The Hall–Kier alpha value is -3.12. The van der Waals surface area contributed by atoms with E-state index in [0.29, 0.717) is 11.3 Å². The van der Waals surface area contributed by atoms with Gasteiger partial charge in [0.2, 0.25) is 0 Å². The highest BCUT2D eigenvalue weighted by Gasteiger charge is 2.05. The maximum absolute atomic E-state index is 11.6. The predicted molar refractivity (Wildman–Crippen MR) is 62.1 cm³/mol. The van der Waals surface area contributed by atoms with E-state index in [9.17, 15) is 9.59 Å². The smallest absolute Gasteiger partial charge is 0.273 e.